The lowest BCUT2D eigenvalue weighted by atomic mass is 9.70. The summed E-state index contributed by atoms with van der Waals surface area (Å²) in [6.07, 6.45) is 1.00. The van der Waals surface area contributed by atoms with Crippen LogP contribution in [0.15, 0.2) is 35.6 Å². The lowest BCUT2D eigenvalue weighted by molar-refractivity contribution is -0.118. The van der Waals surface area contributed by atoms with Gasteiger partial charge in [0.25, 0.3) is 0 Å². The molecule has 1 aliphatic heterocycles. The number of Topliss-reactive ketones (excluding diaryl/α,β-unsaturated/α-hetero) is 1. The average molecular weight is 395 g/mol. The molecule has 1 aromatic carbocycles. The van der Waals surface area contributed by atoms with E-state index in [1.54, 1.807) is 12.1 Å². The van der Waals surface area contributed by atoms with Crippen LogP contribution >= 0.6 is 11.6 Å². The molecular weight excluding hydrogens is 376 g/mol. The summed E-state index contributed by atoms with van der Waals surface area (Å²) in [5.74, 6) is 0.369. The lowest BCUT2D eigenvalue weighted by Crippen LogP contribution is -2.33. The third-order valence-corrected chi connectivity index (χ3v) is 5.51. The molecule has 1 aliphatic carbocycles. The fourth-order valence-electron chi connectivity index (χ4n) is 4.03. The summed E-state index contributed by atoms with van der Waals surface area (Å²) in [5, 5.41) is 10.0. The Morgan fingerprint density at radius 2 is 1.93 bits per heavy atom. The van der Waals surface area contributed by atoms with Crippen LogP contribution in [0.4, 0.5) is 11.5 Å². The van der Waals surface area contributed by atoms with Gasteiger partial charge in [-0.05, 0) is 23.1 Å². The van der Waals surface area contributed by atoms with Gasteiger partial charge in [-0.2, -0.15) is 10.2 Å². The number of nitrogens with zero attached hydrogens (tertiary/aromatic N) is 2. The maximum absolute atomic E-state index is 13.1. The lowest BCUT2D eigenvalue weighted by Gasteiger charge is -2.38. The van der Waals surface area contributed by atoms with Crippen LogP contribution in [0, 0.1) is 16.7 Å². The van der Waals surface area contributed by atoms with Gasteiger partial charge in [0, 0.05) is 29.4 Å². The molecule has 0 saturated heterocycles. The second-order valence-electron chi connectivity index (χ2n) is 7.98. The molecule has 0 spiro atoms. The van der Waals surface area contributed by atoms with Crippen LogP contribution in [0.5, 0.6) is 5.88 Å². The van der Waals surface area contributed by atoms with E-state index in [1.807, 2.05) is 32.0 Å². The number of benzene rings is 1. The molecule has 2 aromatic rings. The number of halogens is 1. The second-order valence-corrected chi connectivity index (χ2v) is 8.42. The highest BCUT2D eigenvalue weighted by atomic mass is 35.5. The van der Waals surface area contributed by atoms with Gasteiger partial charge >= 0.3 is 0 Å². The Morgan fingerprint density at radius 3 is 2.57 bits per heavy atom. The molecule has 0 saturated carbocycles. The Balaban J connectivity index is 2.02. The number of hydrogen-bond donors (Lipinski definition) is 2. The second kappa shape index (κ2) is 6.25. The van der Waals surface area contributed by atoms with Crippen LogP contribution in [0.3, 0.4) is 0 Å². The van der Waals surface area contributed by atoms with E-state index >= 15 is 0 Å². The Kier molecular flexibility index (Phi) is 4.09. The molecule has 1 unspecified atom stereocenters. The molecule has 0 fully saturated rings. The highest BCUT2D eigenvalue weighted by Crippen LogP contribution is 2.52. The molecule has 28 heavy (non-hydrogen) atoms. The molecule has 0 radical (unpaired) electrons. The van der Waals surface area contributed by atoms with Crippen molar-refractivity contribution < 1.29 is 9.53 Å². The molecule has 1 aromatic heterocycles. The van der Waals surface area contributed by atoms with Crippen molar-refractivity contribution >= 4 is 28.9 Å². The van der Waals surface area contributed by atoms with E-state index < -0.39 is 5.92 Å². The van der Waals surface area contributed by atoms with Crippen molar-refractivity contribution in [3.05, 3.63) is 57.3 Å². The summed E-state index contributed by atoms with van der Waals surface area (Å²) < 4.78 is 6.03. The van der Waals surface area contributed by atoms with Crippen molar-refractivity contribution in [2.24, 2.45) is 5.41 Å². The molecule has 2 aliphatic rings. The highest BCUT2D eigenvalue weighted by molar-refractivity contribution is 6.30. The molecule has 0 bridgehead atoms. The molecule has 2 heterocycles. The molecule has 4 N–H and O–H groups in total. The Bertz CT molecular complexity index is 1080. The molecule has 7 heteroatoms. The van der Waals surface area contributed by atoms with Crippen LogP contribution in [0.1, 0.15) is 49.3 Å². The number of ether oxygens (including phenoxy) is 1. The van der Waals surface area contributed by atoms with Gasteiger partial charge in [-0.3, -0.25) is 4.79 Å². The first-order chi connectivity index (χ1) is 13.2. The quantitative estimate of drug-likeness (QED) is 0.756. The minimum Gasteiger partial charge on any atom is -0.442 e. The summed E-state index contributed by atoms with van der Waals surface area (Å²) in [5.41, 5.74) is 14.2. The zero-order valence-corrected chi connectivity index (χ0v) is 16.3. The maximum atomic E-state index is 13.1. The van der Waals surface area contributed by atoms with Gasteiger partial charge < -0.3 is 16.2 Å². The summed E-state index contributed by atoms with van der Waals surface area (Å²) >= 11 is 6.05. The molecule has 4 rings (SSSR count). The van der Waals surface area contributed by atoms with Gasteiger partial charge in [-0.25, -0.2) is 0 Å². The van der Waals surface area contributed by atoms with Crippen LogP contribution in [-0.2, 0) is 4.79 Å². The monoisotopic (exact) mass is 394 g/mol. The van der Waals surface area contributed by atoms with Crippen molar-refractivity contribution in [1.29, 1.82) is 5.26 Å². The number of carbonyl (C=O) groups excluding carboxylic acids is 1. The Morgan fingerprint density at radius 1 is 1.25 bits per heavy atom. The third kappa shape index (κ3) is 2.79. The van der Waals surface area contributed by atoms with E-state index in [0.29, 0.717) is 34.8 Å². The molecule has 6 nitrogen and oxygen atoms in total. The Labute approximate surface area is 167 Å². The van der Waals surface area contributed by atoms with E-state index in [2.05, 4.69) is 4.98 Å². The number of pyridine rings is 1. The van der Waals surface area contributed by atoms with Crippen molar-refractivity contribution in [3.8, 4) is 11.9 Å². The molecule has 0 amide bonds. The summed E-state index contributed by atoms with van der Waals surface area (Å²) in [7, 11) is 0. The van der Waals surface area contributed by atoms with Gasteiger partial charge in [0.1, 0.15) is 23.2 Å². The largest absolute Gasteiger partial charge is 0.442 e. The zero-order valence-electron chi connectivity index (χ0n) is 15.5. The van der Waals surface area contributed by atoms with E-state index in [4.69, 9.17) is 27.8 Å². The van der Waals surface area contributed by atoms with Gasteiger partial charge in [0.05, 0.1) is 11.3 Å². The topological polar surface area (TPSA) is 115 Å². The summed E-state index contributed by atoms with van der Waals surface area (Å²) in [6, 6.07) is 9.22. The van der Waals surface area contributed by atoms with Crippen molar-refractivity contribution in [1.82, 2.24) is 4.98 Å². The number of allylic oxidation sites excluding steroid dienone is 2. The first-order valence-corrected chi connectivity index (χ1v) is 9.28. The fourth-order valence-corrected chi connectivity index (χ4v) is 4.15. The number of rotatable bonds is 1. The van der Waals surface area contributed by atoms with Crippen molar-refractivity contribution in [2.75, 3.05) is 11.5 Å². The number of nitrogen functional groups attached to an aromatic ring is 2. The number of nitrogens with two attached hydrogens (primary N) is 2. The standard InChI is InChI=1S/C21H19ClN4O2/c1-21(2)7-13(27)16-14(8-21)28-20-17(18(24)12(9-23)19(25)26-20)15(16)10-3-5-11(22)6-4-10/h3-6,15H,7-8H2,1-2H3,(H4,24,25,26). The molecule has 1 atom stereocenters. The van der Waals surface area contributed by atoms with E-state index in [-0.39, 0.29) is 34.1 Å². The predicted octanol–water partition coefficient (Wildman–Crippen LogP) is 3.94. The smallest absolute Gasteiger partial charge is 0.227 e. The van der Waals surface area contributed by atoms with Gasteiger partial charge in [0.2, 0.25) is 5.88 Å². The first kappa shape index (κ1) is 18.3. The predicted molar refractivity (Wildman–Crippen MR) is 107 cm³/mol. The van der Waals surface area contributed by atoms with E-state index in [9.17, 15) is 10.1 Å². The van der Waals surface area contributed by atoms with Crippen molar-refractivity contribution in [2.45, 2.75) is 32.6 Å². The van der Waals surface area contributed by atoms with Crippen LogP contribution < -0.4 is 16.2 Å². The zero-order chi connectivity index (χ0) is 20.2. The number of carbonyl (C=O) groups is 1. The van der Waals surface area contributed by atoms with Crippen LogP contribution in [0.25, 0.3) is 0 Å². The number of fused-ring (bicyclic) bond motifs is 1. The van der Waals surface area contributed by atoms with Crippen LogP contribution in [0.2, 0.25) is 5.02 Å². The Hall–Kier alpha value is -3.04. The molecule has 142 valence electrons. The molecular formula is C21H19ClN4O2. The van der Waals surface area contributed by atoms with Gasteiger partial charge in [-0.15, -0.1) is 0 Å². The highest BCUT2D eigenvalue weighted by Gasteiger charge is 2.44. The first-order valence-electron chi connectivity index (χ1n) is 8.90. The third-order valence-electron chi connectivity index (χ3n) is 5.26. The number of anilines is 2. The van der Waals surface area contributed by atoms with Crippen molar-refractivity contribution in [3.63, 3.8) is 0 Å². The maximum Gasteiger partial charge on any atom is 0.227 e. The number of ketones is 1. The normalized spacial score (nSPS) is 20.1. The number of aromatic nitrogens is 1. The SMILES string of the molecule is CC1(C)CC(=O)C2=C(C1)Oc1nc(N)c(C#N)c(N)c1C2c1ccc(Cl)cc1. The van der Waals surface area contributed by atoms with Gasteiger partial charge in [0.15, 0.2) is 5.78 Å². The van der Waals surface area contributed by atoms with E-state index in [1.165, 1.54) is 0 Å². The van der Waals surface area contributed by atoms with Crippen LogP contribution in [-0.4, -0.2) is 10.8 Å². The van der Waals surface area contributed by atoms with Gasteiger partial charge in [-0.1, -0.05) is 37.6 Å². The number of nitriles is 1. The average Bonchev–Trinajstić information content (AvgIpc) is 2.60. The summed E-state index contributed by atoms with van der Waals surface area (Å²) in [4.78, 5) is 17.4. The summed E-state index contributed by atoms with van der Waals surface area (Å²) in [6.45, 7) is 4.06. The minimum atomic E-state index is -0.486. The minimum absolute atomic E-state index is 0.00610. The van der Waals surface area contributed by atoms with E-state index in [0.717, 1.165) is 5.56 Å². The fraction of sp³-hybridized carbons (Fsp3) is 0.286. The number of hydrogen-bond acceptors (Lipinski definition) is 6.